The van der Waals surface area contributed by atoms with Gasteiger partial charge in [0, 0.05) is 11.7 Å². The first-order valence-electron chi connectivity index (χ1n) is 7.33. The van der Waals surface area contributed by atoms with Gasteiger partial charge < -0.3 is 5.32 Å². The fourth-order valence-corrected chi connectivity index (χ4v) is 3.05. The molecule has 2 unspecified atom stereocenters. The standard InChI is InChI=1S/C17H27N/c1-13-8-7-9-14(12-13)18-16-11-6-5-10-15(16)17(2,3)4/h5-6,10-11,13-14,18H,7-9,12H2,1-4H3. The Labute approximate surface area is 112 Å². The highest BCUT2D eigenvalue weighted by Crippen LogP contribution is 2.32. The molecular formula is C17H27N. The zero-order valence-corrected chi connectivity index (χ0v) is 12.3. The van der Waals surface area contributed by atoms with Gasteiger partial charge >= 0.3 is 0 Å². The van der Waals surface area contributed by atoms with E-state index in [0.717, 1.165) is 5.92 Å². The summed E-state index contributed by atoms with van der Waals surface area (Å²) in [4.78, 5) is 0. The monoisotopic (exact) mass is 245 g/mol. The van der Waals surface area contributed by atoms with Gasteiger partial charge in [-0.2, -0.15) is 0 Å². The van der Waals surface area contributed by atoms with Crippen molar-refractivity contribution in [3.63, 3.8) is 0 Å². The van der Waals surface area contributed by atoms with Gasteiger partial charge in [0.05, 0.1) is 0 Å². The third-order valence-corrected chi connectivity index (χ3v) is 4.03. The Morgan fingerprint density at radius 3 is 2.50 bits per heavy atom. The van der Waals surface area contributed by atoms with Crippen molar-refractivity contribution in [1.82, 2.24) is 0 Å². The second-order valence-electron chi connectivity index (χ2n) is 6.91. The maximum atomic E-state index is 3.79. The molecule has 1 N–H and O–H groups in total. The molecule has 100 valence electrons. The fraction of sp³-hybridized carbons (Fsp3) is 0.647. The molecule has 18 heavy (non-hydrogen) atoms. The molecule has 1 fully saturated rings. The van der Waals surface area contributed by atoms with E-state index in [2.05, 4.69) is 57.3 Å². The van der Waals surface area contributed by atoms with E-state index in [-0.39, 0.29) is 5.41 Å². The number of anilines is 1. The summed E-state index contributed by atoms with van der Waals surface area (Å²) in [7, 11) is 0. The van der Waals surface area contributed by atoms with Crippen LogP contribution >= 0.6 is 0 Å². The minimum absolute atomic E-state index is 0.212. The Morgan fingerprint density at radius 1 is 1.11 bits per heavy atom. The van der Waals surface area contributed by atoms with Gasteiger partial charge in [-0.15, -0.1) is 0 Å². The summed E-state index contributed by atoms with van der Waals surface area (Å²) in [5.74, 6) is 0.873. The zero-order valence-electron chi connectivity index (χ0n) is 12.3. The molecule has 1 heteroatoms. The molecule has 1 aliphatic rings. The van der Waals surface area contributed by atoms with E-state index < -0.39 is 0 Å². The number of benzene rings is 1. The summed E-state index contributed by atoms with van der Waals surface area (Å²) in [5.41, 5.74) is 2.98. The number of nitrogens with one attached hydrogen (secondary N) is 1. The average Bonchev–Trinajstić information content (AvgIpc) is 2.28. The highest BCUT2D eigenvalue weighted by atomic mass is 14.9. The van der Waals surface area contributed by atoms with Crippen molar-refractivity contribution in [1.29, 1.82) is 0 Å². The van der Waals surface area contributed by atoms with E-state index in [4.69, 9.17) is 0 Å². The molecule has 0 radical (unpaired) electrons. The van der Waals surface area contributed by atoms with Gasteiger partial charge in [0.15, 0.2) is 0 Å². The molecule has 1 aromatic rings. The van der Waals surface area contributed by atoms with E-state index >= 15 is 0 Å². The molecule has 0 heterocycles. The number of para-hydroxylation sites is 1. The van der Waals surface area contributed by atoms with Crippen LogP contribution in [0.25, 0.3) is 0 Å². The third-order valence-electron chi connectivity index (χ3n) is 4.03. The minimum Gasteiger partial charge on any atom is -0.382 e. The molecule has 0 bridgehead atoms. The zero-order chi connectivity index (χ0) is 13.2. The van der Waals surface area contributed by atoms with Gasteiger partial charge in [-0.05, 0) is 35.8 Å². The lowest BCUT2D eigenvalue weighted by molar-refractivity contribution is 0.358. The Kier molecular flexibility index (Phi) is 3.99. The van der Waals surface area contributed by atoms with Crippen LogP contribution in [0, 0.1) is 5.92 Å². The van der Waals surface area contributed by atoms with E-state index in [1.165, 1.54) is 36.9 Å². The number of hydrogen-bond acceptors (Lipinski definition) is 1. The summed E-state index contributed by atoms with van der Waals surface area (Å²) in [6, 6.07) is 9.45. The van der Waals surface area contributed by atoms with Gasteiger partial charge in [0.2, 0.25) is 0 Å². The second-order valence-corrected chi connectivity index (χ2v) is 6.91. The lowest BCUT2D eigenvalue weighted by atomic mass is 9.84. The van der Waals surface area contributed by atoms with Crippen LogP contribution in [0.15, 0.2) is 24.3 Å². The lowest BCUT2D eigenvalue weighted by Gasteiger charge is -2.31. The summed E-state index contributed by atoms with van der Waals surface area (Å²) in [5, 5.41) is 3.79. The van der Waals surface area contributed by atoms with Crippen molar-refractivity contribution in [2.24, 2.45) is 5.92 Å². The molecule has 1 aliphatic carbocycles. The van der Waals surface area contributed by atoms with Crippen LogP contribution in [-0.2, 0) is 5.41 Å². The van der Waals surface area contributed by atoms with Crippen molar-refractivity contribution in [2.45, 2.75) is 64.8 Å². The molecule has 1 saturated carbocycles. The molecule has 0 aliphatic heterocycles. The van der Waals surface area contributed by atoms with Crippen LogP contribution < -0.4 is 5.32 Å². The van der Waals surface area contributed by atoms with Gasteiger partial charge in [0.25, 0.3) is 0 Å². The van der Waals surface area contributed by atoms with Gasteiger partial charge in [-0.3, -0.25) is 0 Å². The smallest absolute Gasteiger partial charge is 0.0380 e. The van der Waals surface area contributed by atoms with E-state index in [9.17, 15) is 0 Å². The first-order chi connectivity index (χ1) is 8.47. The number of hydrogen-bond donors (Lipinski definition) is 1. The molecular weight excluding hydrogens is 218 g/mol. The quantitative estimate of drug-likeness (QED) is 0.775. The summed E-state index contributed by atoms with van der Waals surface area (Å²) >= 11 is 0. The van der Waals surface area contributed by atoms with Crippen LogP contribution in [-0.4, -0.2) is 6.04 Å². The summed E-state index contributed by atoms with van der Waals surface area (Å²) in [6.07, 6.45) is 5.41. The van der Waals surface area contributed by atoms with E-state index in [1.807, 2.05) is 0 Å². The summed E-state index contributed by atoms with van der Waals surface area (Å²) < 4.78 is 0. The van der Waals surface area contributed by atoms with E-state index in [1.54, 1.807) is 0 Å². The largest absolute Gasteiger partial charge is 0.382 e. The van der Waals surface area contributed by atoms with Crippen molar-refractivity contribution in [3.8, 4) is 0 Å². The van der Waals surface area contributed by atoms with Crippen LogP contribution in [0.3, 0.4) is 0 Å². The van der Waals surface area contributed by atoms with Crippen LogP contribution in [0.4, 0.5) is 5.69 Å². The first kappa shape index (κ1) is 13.5. The van der Waals surface area contributed by atoms with Crippen LogP contribution in [0.1, 0.15) is 58.9 Å². The highest BCUT2D eigenvalue weighted by molar-refractivity contribution is 5.54. The second kappa shape index (κ2) is 5.34. The molecule has 2 rings (SSSR count). The normalized spacial score (nSPS) is 24.9. The maximum Gasteiger partial charge on any atom is 0.0380 e. The van der Waals surface area contributed by atoms with Crippen LogP contribution in [0.2, 0.25) is 0 Å². The van der Waals surface area contributed by atoms with Crippen molar-refractivity contribution in [2.75, 3.05) is 5.32 Å². The van der Waals surface area contributed by atoms with Crippen molar-refractivity contribution >= 4 is 5.69 Å². The molecule has 0 spiro atoms. The summed E-state index contributed by atoms with van der Waals surface area (Å²) in [6.45, 7) is 9.24. The fourth-order valence-electron chi connectivity index (χ4n) is 3.05. The van der Waals surface area contributed by atoms with Gasteiger partial charge in [-0.1, -0.05) is 58.7 Å². The minimum atomic E-state index is 0.212. The Hall–Kier alpha value is -0.980. The predicted octanol–water partition coefficient (Wildman–Crippen LogP) is 4.97. The SMILES string of the molecule is CC1CCCC(Nc2ccccc2C(C)(C)C)C1. The van der Waals surface area contributed by atoms with Gasteiger partial charge in [0.1, 0.15) is 0 Å². The molecule has 1 aromatic carbocycles. The topological polar surface area (TPSA) is 12.0 Å². The number of rotatable bonds is 2. The molecule has 1 nitrogen and oxygen atoms in total. The van der Waals surface area contributed by atoms with Crippen LogP contribution in [0.5, 0.6) is 0 Å². The molecule has 2 atom stereocenters. The Bertz CT molecular complexity index is 389. The Balaban J connectivity index is 2.13. The lowest BCUT2D eigenvalue weighted by Crippen LogP contribution is -2.27. The Morgan fingerprint density at radius 2 is 1.83 bits per heavy atom. The first-order valence-corrected chi connectivity index (χ1v) is 7.33. The highest BCUT2D eigenvalue weighted by Gasteiger charge is 2.22. The van der Waals surface area contributed by atoms with Crippen molar-refractivity contribution in [3.05, 3.63) is 29.8 Å². The predicted molar refractivity (Wildman–Crippen MR) is 80.2 cm³/mol. The third kappa shape index (κ3) is 3.28. The molecule has 0 amide bonds. The average molecular weight is 245 g/mol. The van der Waals surface area contributed by atoms with E-state index in [0.29, 0.717) is 6.04 Å². The van der Waals surface area contributed by atoms with Gasteiger partial charge in [-0.25, -0.2) is 0 Å². The maximum absolute atomic E-state index is 3.79. The molecule has 0 saturated heterocycles. The van der Waals surface area contributed by atoms with Crippen molar-refractivity contribution < 1.29 is 0 Å². The molecule has 0 aromatic heterocycles.